The third kappa shape index (κ3) is 4.98. The van der Waals surface area contributed by atoms with Crippen molar-refractivity contribution in [3.63, 3.8) is 0 Å². The Balaban J connectivity index is 1.33. The first-order valence-corrected chi connectivity index (χ1v) is 16.7. The fourth-order valence-corrected chi connectivity index (χ4v) is 12.6. The normalized spacial score (nSPS) is 27.9. The average molecular weight is 603 g/mol. The predicted octanol–water partition coefficient (Wildman–Crippen LogP) is 6.70. The fraction of sp³-hybridized carbons (Fsp3) is 0.387. The Bertz CT molecular complexity index is 1410. The van der Waals surface area contributed by atoms with Crippen molar-refractivity contribution in [2.75, 3.05) is 6.61 Å². The van der Waals surface area contributed by atoms with Crippen LogP contribution in [0, 0.1) is 17.3 Å². The molecule has 0 radical (unpaired) electrons. The minimum Gasteiger partial charge on any atom is -0.460 e. The Morgan fingerprint density at radius 3 is 1.66 bits per heavy atom. The van der Waals surface area contributed by atoms with Crippen molar-refractivity contribution in [1.82, 2.24) is 0 Å². The zero-order valence-corrected chi connectivity index (χ0v) is 24.0. The second kappa shape index (κ2) is 10.2. The number of carbonyl (C=O) groups excluding carboxylic acids is 1. The van der Waals surface area contributed by atoms with Gasteiger partial charge in [0.05, 0.1) is 12.2 Å². The Morgan fingerprint density at radius 2 is 1.24 bits per heavy atom. The van der Waals surface area contributed by atoms with Crippen LogP contribution in [0.4, 0.5) is 8.78 Å². The van der Waals surface area contributed by atoms with Crippen LogP contribution in [0.5, 0.6) is 0 Å². The largest absolute Gasteiger partial charge is 0.466 e. The summed E-state index contributed by atoms with van der Waals surface area (Å²) in [6.07, 6.45) is 3.99. The summed E-state index contributed by atoms with van der Waals surface area (Å²) in [4.78, 5) is 14.0. The van der Waals surface area contributed by atoms with Gasteiger partial charge < -0.3 is 9.84 Å². The van der Waals surface area contributed by atoms with Crippen LogP contribution < -0.4 is 0 Å². The molecule has 4 atom stereocenters. The monoisotopic (exact) mass is 602 g/mol. The second-order valence-electron chi connectivity index (χ2n) is 11.8. The lowest BCUT2D eigenvalue weighted by Crippen LogP contribution is -2.57. The van der Waals surface area contributed by atoms with Gasteiger partial charge >= 0.3 is 21.3 Å². The summed E-state index contributed by atoms with van der Waals surface area (Å²) >= 11 is 0. The van der Waals surface area contributed by atoms with E-state index in [1.54, 1.807) is 91.0 Å². The van der Waals surface area contributed by atoms with Crippen molar-refractivity contribution in [2.24, 2.45) is 17.3 Å². The van der Waals surface area contributed by atoms with Gasteiger partial charge in [0.2, 0.25) is 0 Å². The van der Waals surface area contributed by atoms with Gasteiger partial charge in [-0.1, -0.05) is 54.6 Å². The molecular weight excluding hydrogens is 570 g/mol. The van der Waals surface area contributed by atoms with E-state index in [0.29, 0.717) is 46.8 Å². The zero-order chi connectivity index (χ0) is 28.9. The van der Waals surface area contributed by atoms with Gasteiger partial charge in [0, 0.05) is 20.1 Å². The van der Waals surface area contributed by atoms with Crippen molar-refractivity contribution in [3.8, 4) is 0 Å². The van der Waals surface area contributed by atoms with E-state index in [2.05, 4.69) is 0 Å². The molecule has 1 N–H and O–H groups in total. The molecule has 0 aliphatic heterocycles. The van der Waals surface area contributed by atoms with Gasteiger partial charge in [-0.2, -0.15) is 17.2 Å². The van der Waals surface area contributed by atoms with E-state index in [1.807, 2.05) is 0 Å². The highest BCUT2D eigenvalue weighted by Gasteiger charge is 2.61. The third-order valence-corrected chi connectivity index (χ3v) is 13.8. The molecule has 4 aliphatic carbocycles. The van der Waals surface area contributed by atoms with Crippen molar-refractivity contribution in [1.29, 1.82) is 0 Å². The van der Waals surface area contributed by atoms with Gasteiger partial charge in [-0.25, -0.2) is 8.42 Å². The van der Waals surface area contributed by atoms with Gasteiger partial charge in [-0.05, 0) is 97.1 Å². The number of esters is 1. The van der Waals surface area contributed by atoms with Crippen LogP contribution in [0.15, 0.2) is 106 Å². The molecule has 0 spiro atoms. The maximum atomic E-state index is 15.7. The summed E-state index contributed by atoms with van der Waals surface area (Å²) in [5, 5.41) is 6.00. The minimum absolute atomic E-state index is 0.249. The number of ether oxygens (including phenoxy) is 1. The maximum absolute atomic E-state index is 15.7. The zero-order valence-electron chi connectivity index (χ0n) is 22.3. The van der Waals surface area contributed by atoms with Crippen molar-refractivity contribution in [2.45, 2.75) is 64.1 Å². The summed E-state index contributed by atoms with van der Waals surface area (Å²) in [5.41, 5.74) is -1.50. The Morgan fingerprint density at radius 1 is 0.805 bits per heavy atom. The first kappa shape index (κ1) is 28.3. The van der Waals surface area contributed by atoms with E-state index >= 15 is 8.78 Å². The molecule has 4 bridgehead atoms. The Hall–Kier alpha value is -2.79. The van der Waals surface area contributed by atoms with Gasteiger partial charge in [-0.3, -0.25) is 0 Å². The van der Waals surface area contributed by atoms with Gasteiger partial charge in [-0.15, -0.1) is 0 Å². The van der Waals surface area contributed by atoms with Crippen LogP contribution in [-0.4, -0.2) is 37.0 Å². The van der Waals surface area contributed by atoms with Crippen LogP contribution >= 0.6 is 10.3 Å². The number of benzene rings is 3. The smallest absolute Gasteiger partial charge is 0.460 e. The highest BCUT2D eigenvalue weighted by atomic mass is 32.3. The highest BCUT2D eigenvalue weighted by Crippen LogP contribution is 2.70. The molecule has 4 fully saturated rings. The summed E-state index contributed by atoms with van der Waals surface area (Å²) in [7, 11) is -9.15. The maximum Gasteiger partial charge on any atom is 0.466 e. The molecule has 41 heavy (non-hydrogen) atoms. The number of alkyl halides is 2. The number of hydrogen-bond acceptors (Lipinski definition) is 6. The van der Waals surface area contributed by atoms with Crippen LogP contribution in [0.1, 0.15) is 38.5 Å². The summed E-state index contributed by atoms with van der Waals surface area (Å²) in [6.45, 7) is -0.361. The third-order valence-electron chi connectivity index (χ3n) is 8.63. The van der Waals surface area contributed by atoms with E-state index in [1.165, 1.54) is 0 Å². The topological polar surface area (TPSA) is 89.9 Å². The van der Waals surface area contributed by atoms with E-state index < -0.39 is 42.7 Å². The lowest BCUT2D eigenvalue weighted by Gasteiger charge is -2.59. The molecule has 10 heteroatoms. The van der Waals surface area contributed by atoms with Crippen LogP contribution in [0.25, 0.3) is 0 Å². The number of hydrogen-bond donors (Lipinski definition) is 1. The molecule has 3 aromatic carbocycles. The van der Waals surface area contributed by atoms with E-state index in [-0.39, 0.29) is 18.4 Å². The molecule has 0 heterocycles. The molecule has 0 aromatic heterocycles. The average Bonchev–Trinajstić information content (AvgIpc) is 2.94. The molecule has 7 rings (SSSR count). The molecule has 218 valence electrons. The molecule has 4 saturated carbocycles. The predicted molar refractivity (Wildman–Crippen MR) is 150 cm³/mol. The van der Waals surface area contributed by atoms with E-state index in [0.717, 1.165) is 6.42 Å². The Kier molecular flexibility index (Phi) is 7.04. The van der Waals surface area contributed by atoms with Crippen LogP contribution in [0.3, 0.4) is 0 Å². The second-order valence-corrected chi connectivity index (χ2v) is 16.3. The summed E-state index contributed by atoms with van der Waals surface area (Å²) in [5.74, 6) is -1.67. The molecular formula is C31H32F2O6S2. The lowest BCUT2D eigenvalue weighted by molar-refractivity contribution is -0.193. The number of rotatable bonds is 9. The highest BCUT2D eigenvalue weighted by molar-refractivity contribution is 8.33. The first-order valence-electron chi connectivity index (χ1n) is 13.7. The Labute approximate surface area is 240 Å². The molecule has 6 nitrogen and oxygen atoms in total. The van der Waals surface area contributed by atoms with Gasteiger partial charge in [0.1, 0.15) is 0 Å². The number of halogens is 2. The number of carbonyl (C=O) groups is 1. The van der Waals surface area contributed by atoms with E-state index in [4.69, 9.17) is 8.37 Å². The van der Waals surface area contributed by atoms with Crippen molar-refractivity contribution < 1.29 is 35.5 Å². The molecule has 0 saturated heterocycles. The first-order chi connectivity index (χ1) is 19.5. The molecule has 4 aliphatic rings. The van der Waals surface area contributed by atoms with Gasteiger partial charge in [0.25, 0.3) is 0 Å². The molecule has 2 unspecified atom stereocenters. The lowest BCUT2D eigenvalue weighted by atomic mass is 9.48. The fourth-order valence-electron chi connectivity index (χ4n) is 7.52. The van der Waals surface area contributed by atoms with Crippen LogP contribution in [0.2, 0.25) is 0 Å². The summed E-state index contributed by atoms with van der Waals surface area (Å²) in [6, 6.07) is 25.0. The van der Waals surface area contributed by atoms with Gasteiger partial charge in [0.15, 0.2) is 0 Å². The molecule has 3 aromatic rings. The minimum atomic E-state index is -5.87. The van der Waals surface area contributed by atoms with E-state index in [9.17, 15) is 18.3 Å². The SMILES string of the molecule is O=C(OCC12C[C@@H]3C[C@@H](CC(O)(C3)C1)C2)C(F)(F)S(=O)(=O)OS(c1ccccc1)(c1ccccc1)c1ccccc1. The quantitative estimate of drug-likeness (QED) is 0.274. The number of aliphatic hydroxyl groups is 1. The van der Waals surface area contributed by atoms with Crippen molar-refractivity contribution in [3.05, 3.63) is 91.0 Å². The summed E-state index contributed by atoms with van der Waals surface area (Å²) < 4.78 is 69.1. The molecule has 0 amide bonds. The van der Waals surface area contributed by atoms with Crippen LogP contribution in [-0.2, 0) is 23.3 Å². The van der Waals surface area contributed by atoms with Crippen molar-refractivity contribution >= 4 is 26.4 Å². The standard InChI is InChI=1S/C31H32F2O6S2/c32-31(33,28(34)38-22-29-17-23-16-24(18-29)20-30(35,19-23)21-29)41(36,37)39-40(25-10-4-1-5-11-25,26-12-6-2-7-13-26)27-14-8-3-9-15-27/h1-15,23-24,35H,16-22H2/t23-,24+,29?,30?.